The van der Waals surface area contributed by atoms with Gasteiger partial charge in [0.05, 0.1) is 14.2 Å². The minimum absolute atomic E-state index is 0.401. The summed E-state index contributed by atoms with van der Waals surface area (Å²) < 4.78 is 16.0. The van der Waals surface area contributed by atoms with Gasteiger partial charge in [-0.1, -0.05) is 17.7 Å². The van der Waals surface area contributed by atoms with Gasteiger partial charge in [0.2, 0.25) is 6.23 Å². The van der Waals surface area contributed by atoms with E-state index in [-0.39, 0.29) is 0 Å². The molecule has 0 aromatic heterocycles. The van der Waals surface area contributed by atoms with Crippen molar-refractivity contribution < 1.29 is 19.0 Å². The van der Waals surface area contributed by atoms with Crippen LogP contribution in [0, 0.1) is 6.92 Å². The van der Waals surface area contributed by atoms with Crippen LogP contribution in [0.3, 0.4) is 0 Å². The summed E-state index contributed by atoms with van der Waals surface area (Å²) in [5.41, 5.74) is 3.20. The smallest absolute Gasteiger partial charge is 0.344 e. The Morgan fingerprint density at radius 1 is 1.05 bits per heavy atom. The summed E-state index contributed by atoms with van der Waals surface area (Å²) in [7, 11) is 3.04. The number of ether oxygens (including phenoxy) is 3. The number of aryl methyl sites for hydroxylation is 1. The number of carbonyl (C=O) groups excluding carboxylic acids is 1. The van der Waals surface area contributed by atoms with E-state index in [2.05, 4.69) is 5.32 Å². The normalized spacial score (nSPS) is 16.0. The Morgan fingerprint density at radius 3 is 2.41 bits per heavy atom. The van der Waals surface area contributed by atoms with Crippen LogP contribution >= 0.6 is 0 Å². The van der Waals surface area contributed by atoms with Crippen molar-refractivity contribution in [1.29, 1.82) is 0 Å². The van der Waals surface area contributed by atoms with Gasteiger partial charge in [0.1, 0.15) is 5.56 Å². The van der Waals surface area contributed by atoms with Crippen molar-refractivity contribution in [2.75, 3.05) is 19.5 Å². The number of carbonyl (C=O) groups is 1. The van der Waals surface area contributed by atoms with Crippen LogP contribution in [0.15, 0.2) is 36.4 Å². The van der Waals surface area contributed by atoms with Gasteiger partial charge in [-0.15, -0.1) is 0 Å². The predicted molar refractivity (Wildman–Crippen MR) is 82.5 cm³/mol. The zero-order chi connectivity index (χ0) is 15.7. The highest BCUT2D eigenvalue weighted by Crippen LogP contribution is 2.41. The Bertz CT molecular complexity index is 709. The number of anilines is 1. The van der Waals surface area contributed by atoms with Crippen LogP contribution < -0.4 is 14.8 Å². The maximum Gasteiger partial charge on any atom is 0.344 e. The van der Waals surface area contributed by atoms with Crippen LogP contribution in [0.4, 0.5) is 5.69 Å². The number of hydrogen-bond donors (Lipinski definition) is 1. The maximum absolute atomic E-state index is 12.2. The van der Waals surface area contributed by atoms with E-state index in [9.17, 15) is 4.79 Å². The summed E-state index contributed by atoms with van der Waals surface area (Å²) in [5, 5.41) is 3.20. The summed E-state index contributed by atoms with van der Waals surface area (Å²) in [5.74, 6) is 0.489. The molecular formula is C17H17NO4. The lowest BCUT2D eigenvalue weighted by molar-refractivity contribution is 0.0435. The number of fused-ring (bicyclic) bond motifs is 1. The summed E-state index contributed by atoms with van der Waals surface area (Å²) in [4.78, 5) is 12.2. The van der Waals surface area contributed by atoms with Gasteiger partial charge in [-0.05, 0) is 31.2 Å². The molecule has 0 radical (unpaired) electrons. The van der Waals surface area contributed by atoms with Gasteiger partial charge in [0.25, 0.3) is 0 Å². The van der Waals surface area contributed by atoms with Crippen LogP contribution in [0.25, 0.3) is 0 Å². The third kappa shape index (κ3) is 2.35. The van der Waals surface area contributed by atoms with Gasteiger partial charge in [0, 0.05) is 11.3 Å². The second kappa shape index (κ2) is 5.60. The number of hydrogen-bond acceptors (Lipinski definition) is 5. The van der Waals surface area contributed by atoms with Gasteiger partial charge in [-0.25, -0.2) is 4.79 Å². The Labute approximate surface area is 128 Å². The van der Waals surface area contributed by atoms with Crippen LogP contribution in [-0.4, -0.2) is 20.2 Å². The maximum atomic E-state index is 12.2. The lowest BCUT2D eigenvalue weighted by atomic mass is 10.1. The molecule has 0 fully saturated rings. The predicted octanol–water partition coefficient (Wildman–Crippen LogP) is 3.29. The molecule has 1 aliphatic heterocycles. The minimum Gasteiger partial charge on any atom is -0.493 e. The van der Waals surface area contributed by atoms with Crippen molar-refractivity contribution in [3.8, 4) is 11.5 Å². The molecule has 5 heteroatoms. The summed E-state index contributed by atoms with van der Waals surface area (Å²) in [6.45, 7) is 2.02. The monoisotopic (exact) mass is 299 g/mol. The van der Waals surface area contributed by atoms with Gasteiger partial charge >= 0.3 is 5.97 Å². The van der Waals surface area contributed by atoms with E-state index in [1.165, 1.54) is 19.8 Å². The van der Waals surface area contributed by atoms with Crippen LogP contribution in [-0.2, 0) is 4.74 Å². The van der Waals surface area contributed by atoms with Crippen molar-refractivity contribution in [1.82, 2.24) is 0 Å². The third-order valence-corrected chi connectivity index (χ3v) is 3.64. The standard InChI is InChI=1S/C17H17NO4/c1-10-4-6-11(7-5-10)18-16-12-8-9-13(20-2)15(21-3)14(12)17(19)22-16/h4-9,16,18H,1-3H3. The Hall–Kier alpha value is -2.69. The van der Waals surface area contributed by atoms with Crippen molar-refractivity contribution in [3.63, 3.8) is 0 Å². The minimum atomic E-state index is -0.537. The lowest BCUT2D eigenvalue weighted by Gasteiger charge is -2.15. The van der Waals surface area contributed by atoms with Crippen LogP contribution in [0.2, 0.25) is 0 Å². The number of esters is 1. The van der Waals surface area contributed by atoms with E-state index in [0.717, 1.165) is 11.3 Å². The van der Waals surface area contributed by atoms with Crippen molar-refractivity contribution in [2.45, 2.75) is 13.2 Å². The van der Waals surface area contributed by atoms with Gasteiger partial charge < -0.3 is 19.5 Å². The molecule has 1 unspecified atom stereocenters. The van der Waals surface area contributed by atoms with Crippen molar-refractivity contribution >= 4 is 11.7 Å². The molecule has 3 rings (SSSR count). The first-order chi connectivity index (χ1) is 10.6. The first kappa shape index (κ1) is 14.3. The average Bonchev–Trinajstić information content (AvgIpc) is 2.85. The van der Waals surface area contributed by atoms with Gasteiger partial charge in [-0.2, -0.15) is 0 Å². The molecule has 0 spiro atoms. The third-order valence-electron chi connectivity index (χ3n) is 3.64. The van der Waals surface area contributed by atoms with E-state index in [1.54, 1.807) is 6.07 Å². The zero-order valence-corrected chi connectivity index (χ0v) is 12.7. The second-order valence-corrected chi connectivity index (χ2v) is 5.06. The molecule has 0 amide bonds. The fourth-order valence-corrected chi connectivity index (χ4v) is 2.51. The quantitative estimate of drug-likeness (QED) is 0.878. The lowest BCUT2D eigenvalue weighted by Crippen LogP contribution is -2.10. The molecule has 22 heavy (non-hydrogen) atoms. The van der Waals surface area contributed by atoms with E-state index < -0.39 is 12.2 Å². The number of nitrogens with one attached hydrogen (secondary N) is 1. The zero-order valence-electron chi connectivity index (χ0n) is 12.7. The molecule has 1 N–H and O–H groups in total. The molecule has 1 atom stereocenters. The van der Waals surface area contributed by atoms with E-state index in [0.29, 0.717) is 17.1 Å². The fourth-order valence-electron chi connectivity index (χ4n) is 2.51. The number of cyclic esters (lactones) is 1. The molecular weight excluding hydrogens is 282 g/mol. The van der Waals surface area contributed by atoms with Gasteiger partial charge in [0.15, 0.2) is 11.5 Å². The average molecular weight is 299 g/mol. The molecule has 0 saturated heterocycles. The topological polar surface area (TPSA) is 56.8 Å². The second-order valence-electron chi connectivity index (χ2n) is 5.06. The van der Waals surface area contributed by atoms with Crippen LogP contribution in [0.5, 0.6) is 11.5 Å². The fraction of sp³-hybridized carbons (Fsp3) is 0.235. The molecule has 0 bridgehead atoms. The first-order valence-corrected chi connectivity index (χ1v) is 6.93. The first-order valence-electron chi connectivity index (χ1n) is 6.93. The number of methoxy groups -OCH3 is 2. The van der Waals surface area contributed by atoms with E-state index in [1.807, 2.05) is 37.3 Å². The molecule has 1 heterocycles. The highest BCUT2D eigenvalue weighted by molar-refractivity contribution is 5.98. The van der Waals surface area contributed by atoms with Crippen molar-refractivity contribution in [2.24, 2.45) is 0 Å². The molecule has 2 aromatic rings. The Balaban J connectivity index is 1.96. The van der Waals surface area contributed by atoms with E-state index in [4.69, 9.17) is 14.2 Å². The number of benzene rings is 2. The summed E-state index contributed by atoms with van der Waals surface area (Å²) in [6, 6.07) is 11.5. The largest absolute Gasteiger partial charge is 0.493 e. The molecule has 5 nitrogen and oxygen atoms in total. The number of rotatable bonds is 4. The Kier molecular flexibility index (Phi) is 3.63. The Morgan fingerprint density at radius 2 is 1.77 bits per heavy atom. The highest BCUT2D eigenvalue weighted by atomic mass is 16.6. The molecule has 114 valence electrons. The summed E-state index contributed by atoms with van der Waals surface area (Å²) >= 11 is 0. The molecule has 1 aliphatic rings. The molecule has 2 aromatic carbocycles. The van der Waals surface area contributed by atoms with Gasteiger partial charge in [-0.3, -0.25) is 0 Å². The SMILES string of the molecule is COc1ccc2c(c1OC)C(=O)OC2Nc1ccc(C)cc1. The highest BCUT2D eigenvalue weighted by Gasteiger charge is 2.35. The van der Waals surface area contributed by atoms with E-state index >= 15 is 0 Å². The molecule has 0 aliphatic carbocycles. The summed E-state index contributed by atoms with van der Waals surface area (Å²) in [6.07, 6.45) is -0.537. The molecule has 0 saturated carbocycles. The van der Waals surface area contributed by atoms with Crippen LogP contribution in [0.1, 0.15) is 27.7 Å². The van der Waals surface area contributed by atoms with Crippen molar-refractivity contribution in [3.05, 3.63) is 53.1 Å².